The minimum atomic E-state index is -5.19. The number of halogens is 4. The van der Waals surface area contributed by atoms with Crippen molar-refractivity contribution in [2.24, 2.45) is 0 Å². The lowest BCUT2D eigenvalue weighted by Crippen LogP contribution is -2.40. The molecule has 4 aromatic rings. The van der Waals surface area contributed by atoms with Crippen molar-refractivity contribution in [2.45, 2.75) is 70.1 Å². The summed E-state index contributed by atoms with van der Waals surface area (Å²) < 4.78 is 219. The van der Waals surface area contributed by atoms with Crippen LogP contribution in [-0.2, 0) is 42.6 Å². The Morgan fingerprint density at radius 1 is 0.979 bits per heavy atom. The highest BCUT2D eigenvalue weighted by Gasteiger charge is 2.32. The van der Waals surface area contributed by atoms with Crippen LogP contribution in [0.5, 0.6) is 0 Å². The molecule has 11 heteroatoms. The van der Waals surface area contributed by atoms with E-state index in [-0.39, 0.29) is 42.3 Å². The van der Waals surface area contributed by atoms with Crippen LogP contribution in [0.2, 0.25) is 0 Å². The zero-order chi connectivity index (χ0) is 51.2. The molecular formula is C37H40F4N4O2S. The molecule has 0 spiro atoms. The molecule has 0 saturated carbocycles. The first kappa shape index (κ1) is 18.2. The van der Waals surface area contributed by atoms with E-state index < -0.39 is 173 Å². The van der Waals surface area contributed by atoms with E-state index in [0.717, 1.165) is 20.8 Å². The van der Waals surface area contributed by atoms with Gasteiger partial charge in [-0.25, -0.2) is 4.39 Å². The largest absolute Gasteiger partial charge is 0.416 e. The Morgan fingerprint density at radius 2 is 1.65 bits per heavy atom. The minimum absolute atomic E-state index is 0.00473. The van der Waals surface area contributed by atoms with Crippen LogP contribution in [0.4, 0.5) is 17.6 Å². The number of aromatic nitrogens is 2. The molecule has 0 bridgehead atoms. The van der Waals surface area contributed by atoms with Gasteiger partial charge in [0.15, 0.2) is 5.16 Å². The van der Waals surface area contributed by atoms with Crippen LogP contribution in [0.25, 0.3) is 11.1 Å². The Morgan fingerprint density at radius 3 is 2.31 bits per heavy atom. The van der Waals surface area contributed by atoms with E-state index in [2.05, 4.69) is 4.98 Å². The number of hydrogen-bond donors (Lipinski definition) is 0. The van der Waals surface area contributed by atoms with Crippen LogP contribution in [0.3, 0.4) is 0 Å². The van der Waals surface area contributed by atoms with Crippen LogP contribution in [0.1, 0.15) is 79.8 Å². The van der Waals surface area contributed by atoms with Crippen molar-refractivity contribution in [3.63, 3.8) is 0 Å². The second-order valence-corrected chi connectivity index (χ2v) is 11.0. The maximum atomic E-state index is 14.9. The predicted octanol–water partition coefficient (Wildman–Crippen LogP) is 7.53. The van der Waals surface area contributed by atoms with E-state index in [1.54, 1.807) is 0 Å². The number of benzene rings is 3. The van der Waals surface area contributed by atoms with Gasteiger partial charge in [-0.2, -0.15) is 18.2 Å². The molecule has 6 nitrogen and oxygen atoms in total. The predicted molar refractivity (Wildman–Crippen MR) is 181 cm³/mol. The van der Waals surface area contributed by atoms with Gasteiger partial charge in [0.25, 0.3) is 5.56 Å². The topological polar surface area (TPSA) is 58.4 Å². The highest BCUT2D eigenvalue weighted by atomic mass is 32.2. The molecule has 48 heavy (non-hydrogen) atoms. The van der Waals surface area contributed by atoms with Crippen LogP contribution in [0, 0.1) is 12.7 Å². The number of likely N-dealkylation sites (N-methyl/N-ethyl adjacent to an activating group) is 1. The summed E-state index contributed by atoms with van der Waals surface area (Å²) in [4.78, 5) is 33.3. The van der Waals surface area contributed by atoms with Gasteiger partial charge in [0.2, 0.25) is 5.91 Å². The summed E-state index contributed by atoms with van der Waals surface area (Å²) in [6, 6.07) is -12.7. The molecule has 0 N–H and O–H groups in total. The third kappa shape index (κ3) is 8.54. The number of nitrogens with zero attached hydrogens (tertiary/aromatic N) is 4. The van der Waals surface area contributed by atoms with Gasteiger partial charge in [0.1, 0.15) is 12.3 Å². The van der Waals surface area contributed by atoms with E-state index in [9.17, 15) is 29.9 Å². The Bertz CT molecular complexity index is 2660. The average Bonchev–Trinajstić information content (AvgIpc) is 3.68. The molecule has 0 unspecified atom stereocenters. The number of carbonyl (C=O) groups is 1. The van der Waals surface area contributed by atoms with Gasteiger partial charge < -0.3 is 14.4 Å². The second kappa shape index (κ2) is 15.5. The summed E-state index contributed by atoms with van der Waals surface area (Å²) in [5.41, 5.74) is -10.4. The number of alkyl halides is 3. The fourth-order valence-electron chi connectivity index (χ4n) is 4.77. The van der Waals surface area contributed by atoms with Crippen molar-refractivity contribution in [1.82, 2.24) is 19.4 Å². The first-order chi connectivity index (χ1) is 30.4. The number of carbonyl (C=O) groups excluding carboxylic acids is 1. The summed E-state index contributed by atoms with van der Waals surface area (Å²) in [6.07, 6.45) is -5.11. The highest BCUT2D eigenvalue weighted by molar-refractivity contribution is 7.98. The molecule has 5 rings (SSSR count). The zero-order valence-electron chi connectivity index (χ0n) is 44.8. The fraction of sp³-hybridized carbons (Fsp3) is 0.378. The third-order valence-electron chi connectivity index (χ3n) is 7.13. The second-order valence-electron chi connectivity index (χ2n) is 10.2. The van der Waals surface area contributed by atoms with E-state index in [0.29, 0.717) is 14.4 Å². The smallest absolute Gasteiger partial charge is 0.336 e. The molecule has 0 atom stereocenters. The first-order valence-electron chi connectivity index (χ1n) is 23.9. The number of amides is 1. The first-order valence-corrected chi connectivity index (χ1v) is 15.2. The van der Waals surface area contributed by atoms with E-state index in [1.165, 1.54) is 0 Å². The molecule has 0 fully saturated rings. The molecule has 1 heterocycles. The van der Waals surface area contributed by atoms with Crippen molar-refractivity contribution >= 4 is 17.7 Å². The molecule has 0 saturated heterocycles. The highest BCUT2D eigenvalue weighted by Crippen LogP contribution is 2.34. The van der Waals surface area contributed by atoms with Gasteiger partial charge in [0, 0.05) is 44.8 Å². The van der Waals surface area contributed by atoms with Gasteiger partial charge in [0.05, 0.1) is 23.4 Å². The van der Waals surface area contributed by atoms with Crippen LogP contribution < -0.4 is 5.56 Å². The molecule has 1 aliphatic rings. The lowest BCUT2D eigenvalue weighted by Gasteiger charge is -2.28. The van der Waals surface area contributed by atoms with Crippen molar-refractivity contribution in [1.29, 1.82) is 0 Å². The lowest BCUT2D eigenvalue weighted by molar-refractivity contribution is -0.138. The Kier molecular flexibility index (Phi) is 5.86. The maximum Gasteiger partial charge on any atom is 0.416 e. The molecule has 1 amide bonds. The maximum absolute atomic E-state index is 14.9. The molecule has 1 aromatic heterocycles. The van der Waals surface area contributed by atoms with Crippen LogP contribution in [-0.4, -0.2) is 51.3 Å². The summed E-state index contributed by atoms with van der Waals surface area (Å²) in [5, 5.41) is -0.891. The summed E-state index contributed by atoms with van der Waals surface area (Å²) >= 11 is -0.121. The Balaban J connectivity index is 1.73. The molecule has 254 valence electrons. The van der Waals surface area contributed by atoms with Crippen LogP contribution >= 0.6 is 11.8 Å². The zero-order valence-corrected chi connectivity index (χ0v) is 26.6. The van der Waals surface area contributed by atoms with E-state index in [4.69, 9.17) is 23.3 Å². The minimum Gasteiger partial charge on any atom is -0.336 e. The monoisotopic (exact) mass is 699 g/mol. The van der Waals surface area contributed by atoms with Gasteiger partial charge >= 0.3 is 6.18 Å². The van der Waals surface area contributed by atoms with Gasteiger partial charge in [-0.15, -0.1) is 0 Å². The van der Waals surface area contributed by atoms with Crippen molar-refractivity contribution < 1.29 is 48.4 Å². The van der Waals surface area contributed by atoms with Crippen molar-refractivity contribution in [2.75, 3.05) is 26.1 Å². The SMILES string of the molecule is [2H]c1c([2H])c(C([2H])([2H])Sc2nc(=O)c3c(n2C([2H])([2H])C(=O)N(CCN(C([2H])([2H])C)C([2H])([2H])C)Cc2c([2H])c([2H])c(-c4c([2H])c([2H])c(C(F)(F)F)c(C)c4[2H])c([2H])c2[2H])CCC3)c([2H])c([2H])c1F. The quantitative estimate of drug-likeness (QED) is 0.0821. The van der Waals surface area contributed by atoms with Crippen molar-refractivity contribution in [3.8, 4) is 11.1 Å². The number of thioether (sulfide) groups is 1. The van der Waals surface area contributed by atoms with E-state index in [1.807, 2.05) is 0 Å². The summed E-state index contributed by atoms with van der Waals surface area (Å²) in [5.74, 6) is -3.26. The lowest BCUT2D eigenvalue weighted by atomic mass is 9.98. The molecule has 0 aliphatic heterocycles. The van der Waals surface area contributed by atoms with Gasteiger partial charge in [-0.3, -0.25) is 9.59 Å². The number of hydrogen-bond acceptors (Lipinski definition) is 5. The third-order valence-corrected chi connectivity index (χ3v) is 7.89. The van der Waals surface area contributed by atoms with Gasteiger partial charge in [-0.05, 0) is 85.1 Å². The average molecular weight is 700 g/mol. The van der Waals surface area contributed by atoms with Crippen LogP contribution in [0.15, 0.2) is 76.4 Å². The fourth-order valence-corrected chi connectivity index (χ4v) is 5.44. The molecule has 0 radical (unpaired) electrons. The normalized spacial score (nSPS) is 19.7. The standard InChI is InChI=1S/C37H40F4N4O2S/c1-4-43(5-2)19-20-44(22-26-9-13-28(14-10-26)29-15-18-32(25(3)21-29)37(39,40)41)34(46)23-45-33-8-6-7-31(33)35(47)42-36(45)48-24-27-11-16-30(38)17-12-27/h9-18,21H,4-8,19-20,22-24H2,1-3H3/i4D2,5D2,9D,10D,11D,12D,13D,14D,15D,16D,17D,18D,21D,23D2,24D2. The molecule has 1 aliphatic carbocycles. The molecule has 3 aromatic carbocycles. The van der Waals surface area contributed by atoms with E-state index >= 15 is 0 Å². The summed E-state index contributed by atoms with van der Waals surface area (Å²) in [7, 11) is 0. The van der Waals surface area contributed by atoms with Crippen molar-refractivity contribution in [3.05, 3.63) is 116 Å². The van der Waals surface area contributed by atoms with Gasteiger partial charge in [-0.1, -0.05) is 73.9 Å². The molecular weight excluding hydrogens is 640 g/mol. The Labute approximate surface area is 309 Å². The Hall–Kier alpha value is -3.96. The number of fused-ring (bicyclic) bond motifs is 1. The summed E-state index contributed by atoms with van der Waals surface area (Å²) in [6.45, 7) is -8.41. The number of rotatable bonds is 13.